The molecule has 5 heteroatoms. The van der Waals surface area contributed by atoms with Crippen molar-refractivity contribution in [3.63, 3.8) is 0 Å². The van der Waals surface area contributed by atoms with Gasteiger partial charge in [-0.15, -0.1) is 11.6 Å². The summed E-state index contributed by atoms with van der Waals surface area (Å²) in [6, 6.07) is 5.38. The summed E-state index contributed by atoms with van der Waals surface area (Å²) in [5, 5.41) is 0. The lowest BCUT2D eigenvalue weighted by Gasteiger charge is -2.30. The smallest absolute Gasteiger partial charge is 0.208 e. The zero-order valence-electron chi connectivity index (χ0n) is 12.0. The first kappa shape index (κ1) is 15.8. The predicted molar refractivity (Wildman–Crippen MR) is 82.7 cm³/mol. The molecule has 1 aromatic rings. The Hall–Kier alpha value is -0.580. The van der Waals surface area contributed by atoms with Crippen molar-refractivity contribution < 1.29 is 8.42 Å². The molecule has 2 rings (SSSR count). The average Bonchev–Trinajstić information content (AvgIpc) is 2.38. The summed E-state index contributed by atoms with van der Waals surface area (Å²) in [5.41, 5.74) is 1.86. The number of rotatable bonds is 4. The van der Waals surface area contributed by atoms with Crippen LogP contribution in [0.4, 0.5) is 0 Å². The number of alkyl halides is 1. The zero-order valence-corrected chi connectivity index (χ0v) is 13.6. The van der Waals surface area contributed by atoms with Crippen molar-refractivity contribution in [2.24, 2.45) is 5.92 Å². The molecule has 1 fully saturated rings. The molecule has 2 unspecified atom stereocenters. The van der Waals surface area contributed by atoms with Gasteiger partial charge < -0.3 is 0 Å². The van der Waals surface area contributed by atoms with Crippen molar-refractivity contribution in [3.8, 4) is 0 Å². The second kappa shape index (κ2) is 6.46. The minimum Gasteiger partial charge on any atom is -0.208 e. The van der Waals surface area contributed by atoms with E-state index in [1.807, 2.05) is 26.0 Å². The van der Waals surface area contributed by atoms with E-state index in [9.17, 15) is 8.42 Å². The standard InChI is InChI=1S/C15H22ClNO2S/c1-11-7-8-15(12(2)9-11)20(18,19)17-14-6-4-3-5-13(14)10-16/h7-9,13-14,17H,3-6,10H2,1-2H3. The maximum absolute atomic E-state index is 12.5. The van der Waals surface area contributed by atoms with Crippen molar-refractivity contribution in [2.45, 2.75) is 50.5 Å². The second-order valence-electron chi connectivity index (χ2n) is 5.70. The van der Waals surface area contributed by atoms with Crippen LogP contribution >= 0.6 is 11.6 Å². The topological polar surface area (TPSA) is 46.2 Å². The van der Waals surface area contributed by atoms with E-state index in [-0.39, 0.29) is 12.0 Å². The van der Waals surface area contributed by atoms with E-state index in [0.29, 0.717) is 10.8 Å². The highest BCUT2D eigenvalue weighted by Crippen LogP contribution is 2.27. The van der Waals surface area contributed by atoms with Gasteiger partial charge in [-0.2, -0.15) is 0 Å². The minimum atomic E-state index is -3.46. The molecule has 0 radical (unpaired) electrons. The van der Waals surface area contributed by atoms with Crippen molar-refractivity contribution in [1.82, 2.24) is 4.72 Å². The highest BCUT2D eigenvalue weighted by Gasteiger charge is 2.29. The molecule has 0 bridgehead atoms. The van der Waals surface area contributed by atoms with Gasteiger partial charge >= 0.3 is 0 Å². The van der Waals surface area contributed by atoms with Gasteiger partial charge in [0.2, 0.25) is 10.0 Å². The summed E-state index contributed by atoms with van der Waals surface area (Å²) >= 11 is 5.97. The van der Waals surface area contributed by atoms with E-state index in [4.69, 9.17) is 11.6 Å². The molecule has 0 heterocycles. The molecule has 0 aromatic heterocycles. The van der Waals surface area contributed by atoms with Crippen LogP contribution in [0, 0.1) is 19.8 Å². The molecule has 0 spiro atoms. The first-order valence-corrected chi connectivity index (χ1v) is 9.11. The summed E-state index contributed by atoms with van der Waals surface area (Å²) in [5.74, 6) is 0.756. The molecule has 2 atom stereocenters. The van der Waals surface area contributed by atoms with Crippen LogP contribution in [-0.2, 0) is 10.0 Å². The third-order valence-electron chi connectivity index (χ3n) is 4.03. The second-order valence-corrected chi connectivity index (χ2v) is 7.69. The molecule has 1 aliphatic carbocycles. The molecule has 0 aliphatic heterocycles. The van der Waals surface area contributed by atoms with Crippen LogP contribution in [0.15, 0.2) is 23.1 Å². The van der Waals surface area contributed by atoms with Crippen LogP contribution in [0.2, 0.25) is 0 Å². The van der Waals surface area contributed by atoms with E-state index in [0.717, 1.165) is 36.8 Å². The monoisotopic (exact) mass is 315 g/mol. The Bertz CT molecular complexity index is 571. The van der Waals surface area contributed by atoms with Crippen LogP contribution in [0.1, 0.15) is 36.8 Å². The van der Waals surface area contributed by atoms with Gasteiger partial charge in [0.05, 0.1) is 4.90 Å². The molecule has 0 amide bonds. The quantitative estimate of drug-likeness (QED) is 0.866. The summed E-state index contributed by atoms with van der Waals surface area (Å²) in [7, 11) is -3.46. The van der Waals surface area contributed by atoms with Crippen LogP contribution in [0.3, 0.4) is 0 Å². The van der Waals surface area contributed by atoms with E-state index >= 15 is 0 Å². The van der Waals surface area contributed by atoms with Crippen LogP contribution < -0.4 is 4.72 Å². The Labute approximate surface area is 126 Å². The number of aryl methyl sites for hydroxylation is 2. The van der Waals surface area contributed by atoms with E-state index in [1.165, 1.54) is 0 Å². The number of nitrogens with one attached hydrogen (secondary N) is 1. The maximum atomic E-state index is 12.5. The fourth-order valence-electron chi connectivity index (χ4n) is 2.91. The predicted octanol–water partition coefficient (Wildman–Crippen LogP) is 3.38. The Balaban J connectivity index is 2.22. The van der Waals surface area contributed by atoms with Gasteiger partial charge in [-0.05, 0) is 44.2 Å². The van der Waals surface area contributed by atoms with E-state index < -0.39 is 10.0 Å². The lowest BCUT2D eigenvalue weighted by atomic mass is 9.86. The summed E-state index contributed by atoms with van der Waals surface area (Å²) < 4.78 is 27.9. The average molecular weight is 316 g/mol. The van der Waals surface area contributed by atoms with Gasteiger partial charge in [0, 0.05) is 11.9 Å². The van der Waals surface area contributed by atoms with Crippen LogP contribution in [-0.4, -0.2) is 20.3 Å². The van der Waals surface area contributed by atoms with Gasteiger partial charge in [0.15, 0.2) is 0 Å². The number of benzene rings is 1. The Morgan fingerprint density at radius 3 is 2.60 bits per heavy atom. The first-order valence-electron chi connectivity index (χ1n) is 7.09. The Morgan fingerprint density at radius 1 is 1.25 bits per heavy atom. The highest BCUT2D eigenvalue weighted by atomic mass is 35.5. The van der Waals surface area contributed by atoms with Gasteiger partial charge in [-0.3, -0.25) is 0 Å². The van der Waals surface area contributed by atoms with Crippen molar-refractivity contribution in [1.29, 1.82) is 0 Å². The fourth-order valence-corrected chi connectivity index (χ4v) is 4.85. The van der Waals surface area contributed by atoms with Crippen molar-refractivity contribution >= 4 is 21.6 Å². The lowest BCUT2D eigenvalue weighted by molar-refractivity contribution is 0.314. The molecular weight excluding hydrogens is 294 g/mol. The number of hydrogen-bond acceptors (Lipinski definition) is 2. The molecule has 1 N–H and O–H groups in total. The van der Waals surface area contributed by atoms with Crippen LogP contribution in [0.5, 0.6) is 0 Å². The summed E-state index contributed by atoms with van der Waals surface area (Å²) in [6.45, 7) is 3.79. The zero-order chi connectivity index (χ0) is 14.8. The summed E-state index contributed by atoms with van der Waals surface area (Å²) in [4.78, 5) is 0.377. The van der Waals surface area contributed by atoms with Crippen molar-refractivity contribution in [2.75, 3.05) is 5.88 Å². The molecular formula is C15H22ClNO2S. The fraction of sp³-hybridized carbons (Fsp3) is 0.600. The summed E-state index contributed by atoms with van der Waals surface area (Å²) in [6.07, 6.45) is 4.08. The first-order chi connectivity index (χ1) is 9.44. The Morgan fingerprint density at radius 2 is 1.95 bits per heavy atom. The van der Waals surface area contributed by atoms with Crippen molar-refractivity contribution in [3.05, 3.63) is 29.3 Å². The third-order valence-corrected chi connectivity index (χ3v) is 6.08. The number of halogens is 1. The molecule has 1 aromatic carbocycles. The minimum absolute atomic E-state index is 0.0352. The maximum Gasteiger partial charge on any atom is 0.241 e. The van der Waals surface area contributed by atoms with Gasteiger partial charge in [0.1, 0.15) is 0 Å². The highest BCUT2D eigenvalue weighted by molar-refractivity contribution is 7.89. The molecule has 0 saturated heterocycles. The van der Waals surface area contributed by atoms with E-state index in [1.54, 1.807) is 6.07 Å². The SMILES string of the molecule is Cc1ccc(S(=O)(=O)NC2CCCCC2CCl)c(C)c1. The van der Waals surface area contributed by atoms with Gasteiger partial charge in [0.25, 0.3) is 0 Å². The molecule has 1 aliphatic rings. The largest absolute Gasteiger partial charge is 0.241 e. The van der Waals surface area contributed by atoms with Crippen LogP contribution in [0.25, 0.3) is 0 Å². The molecule has 112 valence electrons. The molecule has 20 heavy (non-hydrogen) atoms. The lowest BCUT2D eigenvalue weighted by Crippen LogP contribution is -2.42. The van der Waals surface area contributed by atoms with E-state index in [2.05, 4.69) is 4.72 Å². The third kappa shape index (κ3) is 3.54. The molecule has 3 nitrogen and oxygen atoms in total. The normalized spacial score (nSPS) is 23.8. The Kier molecular flexibility index (Phi) is 5.10. The van der Waals surface area contributed by atoms with Gasteiger partial charge in [-0.1, -0.05) is 30.5 Å². The molecule has 1 saturated carbocycles. The van der Waals surface area contributed by atoms with Gasteiger partial charge in [-0.25, -0.2) is 13.1 Å². The number of hydrogen-bond donors (Lipinski definition) is 1. The number of sulfonamides is 1.